The Balaban J connectivity index is 1.89. The molecule has 104 valence electrons. The number of rotatable bonds is 3. The third-order valence-corrected chi connectivity index (χ3v) is 3.48. The molecule has 1 aromatic carbocycles. The van der Waals surface area contributed by atoms with Crippen molar-refractivity contribution in [2.45, 2.75) is 26.2 Å². The Morgan fingerprint density at radius 3 is 3.15 bits per heavy atom. The zero-order valence-corrected chi connectivity index (χ0v) is 11.4. The van der Waals surface area contributed by atoms with Gasteiger partial charge in [0.25, 0.3) is 5.91 Å². The van der Waals surface area contributed by atoms with Gasteiger partial charge in [-0.15, -0.1) is 5.10 Å². The van der Waals surface area contributed by atoms with Gasteiger partial charge in [0.1, 0.15) is 5.82 Å². The summed E-state index contributed by atoms with van der Waals surface area (Å²) in [7, 11) is 0. The molecule has 0 atom stereocenters. The molecule has 6 heteroatoms. The van der Waals surface area contributed by atoms with Crippen LogP contribution in [0.2, 0.25) is 0 Å². The number of amides is 1. The molecule has 0 saturated carbocycles. The molecule has 1 aromatic heterocycles. The lowest BCUT2D eigenvalue weighted by molar-refractivity contribution is 0.0980. The first kappa shape index (κ1) is 12.7. The van der Waals surface area contributed by atoms with Crippen LogP contribution in [0.15, 0.2) is 18.2 Å². The predicted molar refractivity (Wildman–Crippen MR) is 76.6 cm³/mol. The van der Waals surface area contributed by atoms with Crippen molar-refractivity contribution in [3.05, 3.63) is 35.4 Å². The standard InChI is InChI=1S/C14H17N5O/c1-2-4-11-16-13(18-17-11)14(20)19-8-7-9-5-3-6-10(15)12(9)19/h3,5-6H,2,4,7-8,15H2,1H3,(H,16,17,18). The molecule has 3 rings (SSSR count). The predicted octanol–water partition coefficient (Wildman–Crippen LogP) is 1.54. The van der Waals surface area contributed by atoms with E-state index in [0.717, 1.165) is 36.3 Å². The van der Waals surface area contributed by atoms with E-state index in [1.807, 2.05) is 18.2 Å². The first-order valence-electron chi connectivity index (χ1n) is 6.81. The maximum atomic E-state index is 12.5. The second-order valence-electron chi connectivity index (χ2n) is 4.92. The van der Waals surface area contributed by atoms with Gasteiger partial charge >= 0.3 is 0 Å². The molecule has 0 radical (unpaired) electrons. The SMILES string of the molecule is CCCc1nc(C(=O)N2CCc3cccc(N)c32)n[nH]1. The Kier molecular flexibility index (Phi) is 3.14. The van der Waals surface area contributed by atoms with Crippen LogP contribution in [-0.2, 0) is 12.8 Å². The number of hydrogen-bond donors (Lipinski definition) is 2. The van der Waals surface area contributed by atoms with E-state index in [2.05, 4.69) is 22.1 Å². The number of hydrogen-bond acceptors (Lipinski definition) is 4. The molecular weight excluding hydrogens is 254 g/mol. The Morgan fingerprint density at radius 2 is 2.35 bits per heavy atom. The quantitative estimate of drug-likeness (QED) is 0.829. The van der Waals surface area contributed by atoms with Gasteiger partial charge in [-0.1, -0.05) is 19.1 Å². The monoisotopic (exact) mass is 271 g/mol. The summed E-state index contributed by atoms with van der Waals surface area (Å²) in [6, 6.07) is 5.72. The summed E-state index contributed by atoms with van der Waals surface area (Å²) < 4.78 is 0. The van der Waals surface area contributed by atoms with Gasteiger partial charge in [-0.2, -0.15) is 0 Å². The van der Waals surface area contributed by atoms with E-state index < -0.39 is 0 Å². The van der Waals surface area contributed by atoms with Crippen molar-refractivity contribution in [2.24, 2.45) is 0 Å². The molecule has 1 amide bonds. The van der Waals surface area contributed by atoms with Gasteiger partial charge in [0.15, 0.2) is 0 Å². The van der Waals surface area contributed by atoms with Crippen molar-refractivity contribution in [1.29, 1.82) is 0 Å². The highest BCUT2D eigenvalue weighted by Gasteiger charge is 2.29. The third kappa shape index (κ3) is 2.03. The molecule has 0 bridgehead atoms. The van der Waals surface area contributed by atoms with Crippen LogP contribution >= 0.6 is 0 Å². The molecule has 0 saturated heterocycles. The van der Waals surface area contributed by atoms with Gasteiger partial charge in [-0.05, 0) is 24.5 Å². The minimum Gasteiger partial charge on any atom is -0.397 e. The highest BCUT2D eigenvalue weighted by molar-refractivity contribution is 6.06. The van der Waals surface area contributed by atoms with Crippen molar-refractivity contribution < 1.29 is 4.79 Å². The lowest BCUT2D eigenvalue weighted by atomic mass is 10.1. The Bertz CT molecular complexity index is 649. The summed E-state index contributed by atoms with van der Waals surface area (Å²) in [5.74, 6) is 0.765. The Labute approximate surface area is 117 Å². The van der Waals surface area contributed by atoms with E-state index in [9.17, 15) is 4.79 Å². The second-order valence-corrected chi connectivity index (χ2v) is 4.92. The van der Waals surface area contributed by atoms with Gasteiger partial charge in [-0.25, -0.2) is 4.98 Å². The van der Waals surface area contributed by atoms with Crippen LogP contribution in [-0.4, -0.2) is 27.6 Å². The van der Waals surface area contributed by atoms with Crippen LogP contribution in [0.3, 0.4) is 0 Å². The van der Waals surface area contributed by atoms with Crippen LogP contribution in [0.25, 0.3) is 0 Å². The highest BCUT2D eigenvalue weighted by Crippen LogP contribution is 2.34. The number of nitrogens with one attached hydrogen (secondary N) is 1. The topological polar surface area (TPSA) is 87.9 Å². The first-order valence-corrected chi connectivity index (χ1v) is 6.81. The molecule has 20 heavy (non-hydrogen) atoms. The molecule has 6 nitrogen and oxygen atoms in total. The van der Waals surface area contributed by atoms with E-state index in [1.54, 1.807) is 4.90 Å². The van der Waals surface area contributed by atoms with Crippen LogP contribution in [0.1, 0.15) is 35.4 Å². The largest absolute Gasteiger partial charge is 0.397 e. The summed E-state index contributed by atoms with van der Waals surface area (Å²) in [5.41, 5.74) is 8.52. The Hall–Kier alpha value is -2.37. The molecule has 0 fully saturated rings. The zero-order valence-electron chi connectivity index (χ0n) is 11.4. The van der Waals surface area contributed by atoms with E-state index >= 15 is 0 Å². The number of nitrogens with two attached hydrogens (primary N) is 1. The minimum atomic E-state index is -0.194. The normalized spacial score (nSPS) is 13.6. The average Bonchev–Trinajstić information content (AvgIpc) is 3.06. The molecule has 2 heterocycles. The number of anilines is 2. The van der Waals surface area contributed by atoms with Gasteiger partial charge in [0.05, 0.1) is 11.4 Å². The van der Waals surface area contributed by atoms with Crippen molar-refractivity contribution in [3.63, 3.8) is 0 Å². The van der Waals surface area contributed by atoms with Crippen LogP contribution < -0.4 is 10.6 Å². The molecule has 3 N–H and O–H groups in total. The summed E-state index contributed by atoms with van der Waals surface area (Å²) in [5, 5.41) is 6.82. The van der Waals surface area contributed by atoms with Crippen LogP contribution in [0.5, 0.6) is 0 Å². The lowest BCUT2D eigenvalue weighted by Crippen LogP contribution is -2.30. The summed E-state index contributed by atoms with van der Waals surface area (Å²) in [6.45, 7) is 2.68. The molecule has 2 aromatic rings. The number of carbonyl (C=O) groups is 1. The maximum absolute atomic E-state index is 12.5. The summed E-state index contributed by atoms with van der Waals surface area (Å²) in [4.78, 5) is 18.4. The number of para-hydroxylation sites is 1. The molecule has 0 aliphatic carbocycles. The minimum absolute atomic E-state index is 0.194. The summed E-state index contributed by atoms with van der Waals surface area (Å²) >= 11 is 0. The number of H-pyrrole nitrogens is 1. The fourth-order valence-electron chi connectivity index (χ4n) is 2.55. The van der Waals surface area contributed by atoms with Crippen molar-refractivity contribution in [3.8, 4) is 0 Å². The molecule has 1 aliphatic rings. The number of nitrogen functional groups attached to an aromatic ring is 1. The van der Waals surface area contributed by atoms with E-state index in [-0.39, 0.29) is 11.7 Å². The number of benzene rings is 1. The highest BCUT2D eigenvalue weighted by atomic mass is 16.2. The lowest BCUT2D eigenvalue weighted by Gasteiger charge is -2.16. The molecule has 0 spiro atoms. The maximum Gasteiger partial charge on any atom is 0.298 e. The summed E-state index contributed by atoms with van der Waals surface area (Å²) in [6.07, 6.45) is 2.57. The fourth-order valence-corrected chi connectivity index (χ4v) is 2.55. The number of nitrogens with zero attached hydrogens (tertiary/aromatic N) is 3. The number of aryl methyl sites for hydroxylation is 1. The van der Waals surface area contributed by atoms with Crippen LogP contribution in [0, 0.1) is 0 Å². The first-order chi connectivity index (χ1) is 9.70. The number of carbonyl (C=O) groups excluding carboxylic acids is 1. The molecule has 0 unspecified atom stereocenters. The van der Waals surface area contributed by atoms with Gasteiger partial charge in [-0.3, -0.25) is 9.89 Å². The molecular formula is C14H17N5O. The van der Waals surface area contributed by atoms with Gasteiger partial charge in [0, 0.05) is 13.0 Å². The number of fused-ring (bicyclic) bond motifs is 1. The van der Waals surface area contributed by atoms with E-state index in [0.29, 0.717) is 12.2 Å². The third-order valence-electron chi connectivity index (χ3n) is 3.48. The number of aromatic nitrogens is 3. The second kappa shape index (κ2) is 4.96. The van der Waals surface area contributed by atoms with E-state index in [4.69, 9.17) is 5.73 Å². The average molecular weight is 271 g/mol. The van der Waals surface area contributed by atoms with Crippen molar-refractivity contribution in [2.75, 3.05) is 17.2 Å². The van der Waals surface area contributed by atoms with Crippen molar-refractivity contribution >= 4 is 17.3 Å². The fraction of sp³-hybridized carbons (Fsp3) is 0.357. The molecule has 1 aliphatic heterocycles. The Morgan fingerprint density at radius 1 is 1.50 bits per heavy atom. The van der Waals surface area contributed by atoms with Gasteiger partial charge in [0.2, 0.25) is 5.82 Å². The van der Waals surface area contributed by atoms with Crippen LogP contribution in [0.4, 0.5) is 11.4 Å². The smallest absolute Gasteiger partial charge is 0.298 e. The van der Waals surface area contributed by atoms with Crippen molar-refractivity contribution in [1.82, 2.24) is 15.2 Å². The van der Waals surface area contributed by atoms with E-state index in [1.165, 1.54) is 0 Å². The zero-order chi connectivity index (χ0) is 14.1. The van der Waals surface area contributed by atoms with Gasteiger partial charge < -0.3 is 10.6 Å². The number of aromatic amines is 1.